The van der Waals surface area contributed by atoms with Crippen molar-refractivity contribution in [3.05, 3.63) is 12.2 Å². The van der Waals surface area contributed by atoms with Gasteiger partial charge in [-0.25, -0.2) is 0 Å². The van der Waals surface area contributed by atoms with Gasteiger partial charge in [0.2, 0.25) is 0 Å². The van der Waals surface area contributed by atoms with Gasteiger partial charge in [0.15, 0.2) is 0 Å². The van der Waals surface area contributed by atoms with Crippen molar-refractivity contribution in [3.63, 3.8) is 0 Å². The summed E-state index contributed by atoms with van der Waals surface area (Å²) in [6.07, 6.45) is 37.5. The minimum atomic E-state index is -0.142. The first-order valence-electron chi connectivity index (χ1n) is 15.4. The molecule has 0 aliphatic rings. The molecule has 0 bridgehead atoms. The Morgan fingerprint density at radius 1 is 0.618 bits per heavy atom. The van der Waals surface area contributed by atoms with Crippen molar-refractivity contribution in [3.8, 4) is 0 Å². The van der Waals surface area contributed by atoms with E-state index in [1.54, 1.807) is 10.8 Å². The highest BCUT2D eigenvalue weighted by atomic mass is 33.1. The molecule has 2 unspecified atom stereocenters. The smallest absolute Gasteiger partial charge is 0.0721 e. The maximum atomic E-state index is 6.62. The van der Waals surface area contributed by atoms with Crippen LogP contribution in [0.2, 0.25) is 0 Å². The van der Waals surface area contributed by atoms with E-state index in [1.165, 1.54) is 141 Å². The van der Waals surface area contributed by atoms with E-state index in [0.29, 0.717) is 0 Å². The normalized spacial score (nSPS) is 14.6. The van der Waals surface area contributed by atoms with Crippen molar-refractivity contribution in [2.45, 2.75) is 180 Å². The lowest BCUT2D eigenvalue weighted by Crippen LogP contribution is -2.36. The van der Waals surface area contributed by atoms with Crippen molar-refractivity contribution in [2.24, 2.45) is 11.7 Å². The second-order valence-electron chi connectivity index (χ2n) is 10.9. The lowest BCUT2D eigenvalue weighted by atomic mass is 9.88. The van der Waals surface area contributed by atoms with E-state index >= 15 is 0 Å². The fourth-order valence-electron chi connectivity index (χ4n) is 4.98. The fourth-order valence-corrected chi connectivity index (χ4v) is 6.03. The Hall–Kier alpha value is 0.400. The number of unbranched alkanes of at least 4 members (excludes halogenated alkanes) is 17. The van der Waals surface area contributed by atoms with Gasteiger partial charge < -0.3 is 5.73 Å². The third kappa shape index (κ3) is 22.8. The van der Waals surface area contributed by atoms with E-state index in [1.807, 2.05) is 0 Å². The van der Waals surface area contributed by atoms with Gasteiger partial charge in [-0.05, 0) is 44.4 Å². The van der Waals surface area contributed by atoms with Crippen LogP contribution < -0.4 is 5.73 Å². The van der Waals surface area contributed by atoms with Gasteiger partial charge >= 0.3 is 0 Å². The third-order valence-electron chi connectivity index (χ3n) is 7.50. The molecule has 204 valence electrons. The average Bonchev–Trinajstić information content (AvgIpc) is 2.85. The number of thiol groups is 1. The average molecular weight is 514 g/mol. The summed E-state index contributed by atoms with van der Waals surface area (Å²) in [6.45, 7) is 6.81. The van der Waals surface area contributed by atoms with Crippen LogP contribution in [0.1, 0.15) is 175 Å². The molecule has 0 rings (SSSR count). The van der Waals surface area contributed by atoms with Gasteiger partial charge in [-0.15, -0.1) is 11.7 Å². The quantitative estimate of drug-likeness (QED) is 0.0375. The highest BCUT2D eigenvalue weighted by molar-refractivity contribution is 8.69. The van der Waals surface area contributed by atoms with Crippen molar-refractivity contribution in [1.29, 1.82) is 0 Å². The Bertz CT molecular complexity index is 420. The van der Waals surface area contributed by atoms with E-state index in [-0.39, 0.29) is 4.87 Å². The van der Waals surface area contributed by atoms with Crippen LogP contribution in [0.3, 0.4) is 0 Å². The van der Waals surface area contributed by atoms with Crippen LogP contribution >= 0.6 is 22.5 Å². The maximum Gasteiger partial charge on any atom is 0.0721 e. The number of hydrogen-bond acceptors (Lipinski definition) is 3. The first-order chi connectivity index (χ1) is 16.6. The monoisotopic (exact) mass is 513 g/mol. The van der Waals surface area contributed by atoms with Crippen LogP contribution in [0.5, 0.6) is 0 Å². The zero-order valence-electron chi connectivity index (χ0n) is 23.6. The molecular weight excluding hydrogens is 450 g/mol. The molecule has 3 heteroatoms. The molecular formula is C31H63NS2. The van der Waals surface area contributed by atoms with E-state index in [0.717, 1.165) is 18.8 Å². The molecule has 34 heavy (non-hydrogen) atoms. The minimum Gasteiger partial charge on any atom is -0.316 e. The van der Waals surface area contributed by atoms with Gasteiger partial charge in [0.25, 0.3) is 0 Å². The summed E-state index contributed by atoms with van der Waals surface area (Å²) >= 11 is 4.50. The summed E-state index contributed by atoms with van der Waals surface area (Å²) in [5.74, 6) is 0.783. The highest BCUT2D eigenvalue weighted by Gasteiger charge is 2.26. The third-order valence-corrected chi connectivity index (χ3v) is 9.41. The van der Waals surface area contributed by atoms with Crippen molar-refractivity contribution < 1.29 is 0 Å². The first-order valence-corrected chi connectivity index (χ1v) is 17.2. The number of nitrogens with two attached hydrogens (primary N) is 1. The SMILES string of the molecule is CCCCCCCCC=CCCCCCCCC(CCCCCCCCC)CC(N)(CC)SS. The topological polar surface area (TPSA) is 26.0 Å². The Morgan fingerprint density at radius 3 is 1.38 bits per heavy atom. The Kier molecular flexibility index (Phi) is 26.8. The minimum absolute atomic E-state index is 0.142. The first kappa shape index (κ1) is 34.4. The Balaban J connectivity index is 3.88. The van der Waals surface area contributed by atoms with Gasteiger partial charge in [-0.1, -0.05) is 159 Å². The zero-order chi connectivity index (χ0) is 25.2. The molecule has 1 nitrogen and oxygen atoms in total. The highest BCUT2D eigenvalue weighted by Crippen LogP contribution is 2.36. The maximum absolute atomic E-state index is 6.62. The molecule has 0 spiro atoms. The van der Waals surface area contributed by atoms with Crippen LogP contribution in [0, 0.1) is 5.92 Å². The van der Waals surface area contributed by atoms with E-state index in [4.69, 9.17) is 5.73 Å². The Morgan fingerprint density at radius 2 is 1.00 bits per heavy atom. The molecule has 0 fully saturated rings. The van der Waals surface area contributed by atoms with Crippen molar-refractivity contribution in [1.82, 2.24) is 0 Å². The standard InChI is InChI=1S/C31H63NS2/c1-4-7-9-11-13-14-15-16-17-18-19-20-22-24-26-28-30(29-31(32,6-3)34-33)27-25-23-21-12-10-8-5-2/h16-17,30,33H,4-15,18-29,32H2,1-3H3. The van der Waals surface area contributed by atoms with Gasteiger partial charge in [0.05, 0.1) is 4.87 Å². The van der Waals surface area contributed by atoms with E-state index < -0.39 is 0 Å². The van der Waals surface area contributed by atoms with Crippen LogP contribution in [0.4, 0.5) is 0 Å². The largest absolute Gasteiger partial charge is 0.316 e. The summed E-state index contributed by atoms with van der Waals surface area (Å²) in [7, 11) is 1.58. The van der Waals surface area contributed by atoms with Crippen LogP contribution in [-0.4, -0.2) is 4.87 Å². The lowest BCUT2D eigenvalue weighted by Gasteiger charge is -2.30. The summed E-state index contributed by atoms with van der Waals surface area (Å²) in [5, 5.41) is 0. The predicted octanol–water partition coefficient (Wildman–Crippen LogP) is 11.8. The number of hydrogen-bond donors (Lipinski definition) is 2. The van der Waals surface area contributed by atoms with Gasteiger partial charge in [0.1, 0.15) is 0 Å². The van der Waals surface area contributed by atoms with Gasteiger partial charge in [-0.2, -0.15) is 0 Å². The molecule has 0 saturated heterocycles. The molecule has 0 aromatic rings. The summed E-state index contributed by atoms with van der Waals surface area (Å²) in [4.78, 5) is -0.142. The summed E-state index contributed by atoms with van der Waals surface area (Å²) in [5.41, 5.74) is 6.62. The molecule has 0 aliphatic carbocycles. The molecule has 0 heterocycles. The lowest BCUT2D eigenvalue weighted by molar-refractivity contribution is 0.336. The molecule has 0 amide bonds. The predicted molar refractivity (Wildman–Crippen MR) is 164 cm³/mol. The zero-order valence-corrected chi connectivity index (χ0v) is 25.3. The molecule has 0 aromatic heterocycles. The van der Waals surface area contributed by atoms with Crippen LogP contribution in [0.15, 0.2) is 12.2 Å². The molecule has 2 N–H and O–H groups in total. The van der Waals surface area contributed by atoms with E-state index in [2.05, 4.69) is 44.6 Å². The van der Waals surface area contributed by atoms with Gasteiger partial charge in [-0.3, -0.25) is 0 Å². The van der Waals surface area contributed by atoms with Crippen molar-refractivity contribution >= 4 is 22.5 Å². The summed E-state index contributed by atoms with van der Waals surface area (Å²) < 4.78 is 0. The second kappa shape index (κ2) is 26.5. The molecule has 0 saturated carbocycles. The van der Waals surface area contributed by atoms with Crippen LogP contribution in [0.25, 0.3) is 0 Å². The molecule has 2 atom stereocenters. The molecule has 0 radical (unpaired) electrons. The molecule has 0 aromatic carbocycles. The second-order valence-corrected chi connectivity index (χ2v) is 12.4. The van der Waals surface area contributed by atoms with E-state index in [9.17, 15) is 0 Å². The molecule has 0 aliphatic heterocycles. The fraction of sp³-hybridized carbons (Fsp3) is 0.935. The number of allylic oxidation sites excluding steroid dienone is 2. The van der Waals surface area contributed by atoms with Crippen LogP contribution in [-0.2, 0) is 0 Å². The van der Waals surface area contributed by atoms with Gasteiger partial charge in [0, 0.05) is 0 Å². The summed E-state index contributed by atoms with van der Waals surface area (Å²) in [6, 6.07) is 0. The van der Waals surface area contributed by atoms with Crippen molar-refractivity contribution in [2.75, 3.05) is 0 Å². The number of rotatable bonds is 27. The Labute approximate surface area is 225 Å².